The first kappa shape index (κ1) is 17.9. The molecule has 1 unspecified atom stereocenters. The van der Waals surface area contributed by atoms with Gasteiger partial charge in [-0.1, -0.05) is 20.3 Å². The fourth-order valence-corrected chi connectivity index (χ4v) is 3.63. The molecule has 4 N–H and O–H groups in total. The molecular formula is C12H21N3O4S2. The van der Waals surface area contributed by atoms with E-state index < -0.39 is 19.9 Å². The molecule has 0 saturated carbocycles. The molecule has 9 heteroatoms. The molecule has 0 aliphatic rings. The smallest absolute Gasteiger partial charge is 0.242 e. The Morgan fingerprint density at radius 1 is 1.24 bits per heavy atom. The average molecular weight is 335 g/mol. The van der Waals surface area contributed by atoms with Gasteiger partial charge in [-0.15, -0.1) is 0 Å². The van der Waals surface area contributed by atoms with Crippen molar-refractivity contribution in [1.82, 2.24) is 4.72 Å². The molecule has 1 aromatic rings. The normalized spacial score (nSPS) is 13.9. The topological polar surface area (TPSA) is 118 Å². The molecule has 120 valence electrons. The van der Waals surface area contributed by atoms with E-state index in [4.69, 9.17) is 5.84 Å². The lowest BCUT2D eigenvalue weighted by molar-refractivity contribution is 0.528. The van der Waals surface area contributed by atoms with Gasteiger partial charge in [0.2, 0.25) is 10.0 Å². The standard InChI is InChI=1S/C12H21N3O4S2/c1-4-9(2)8-14-21(18,19)12-7-10(20(3,16)17)5-6-11(12)15-13/h5-7,9,14-15H,4,8,13H2,1-3H3. The highest BCUT2D eigenvalue weighted by atomic mass is 32.2. The van der Waals surface area contributed by atoms with Crippen LogP contribution in [0.4, 0.5) is 5.69 Å². The fraction of sp³-hybridized carbons (Fsp3) is 0.500. The van der Waals surface area contributed by atoms with Gasteiger partial charge in [0.1, 0.15) is 4.90 Å². The van der Waals surface area contributed by atoms with E-state index in [2.05, 4.69) is 10.1 Å². The summed E-state index contributed by atoms with van der Waals surface area (Å²) in [5.74, 6) is 5.47. The van der Waals surface area contributed by atoms with Gasteiger partial charge >= 0.3 is 0 Å². The number of benzene rings is 1. The van der Waals surface area contributed by atoms with Crippen molar-refractivity contribution in [1.29, 1.82) is 0 Å². The molecule has 0 saturated heterocycles. The molecule has 0 aromatic heterocycles. The number of sulfone groups is 1. The van der Waals surface area contributed by atoms with E-state index >= 15 is 0 Å². The zero-order valence-electron chi connectivity index (χ0n) is 12.3. The number of nitrogen functional groups attached to an aromatic ring is 1. The number of anilines is 1. The second-order valence-corrected chi connectivity index (χ2v) is 8.69. The van der Waals surface area contributed by atoms with Gasteiger partial charge in [0.05, 0.1) is 10.6 Å². The third-order valence-electron chi connectivity index (χ3n) is 3.14. The summed E-state index contributed by atoms with van der Waals surface area (Å²) in [6.45, 7) is 4.14. The van der Waals surface area contributed by atoms with Gasteiger partial charge in [0.15, 0.2) is 9.84 Å². The van der Waals surface area contributed by atoms with Gasteiger partial charge in [-0.2, -0.15) is 0 Å². The Morgan fingerprint density at radius 2 is 1.86 bits per heavy atom. The van der Waals surface area contributed by atoms with Crippen LogP contribution < -0.4 is 16.0 Å². The van der Waals surface area contributed by atoms with E-state index in [1.807, 2.05) is 13.8 Å². The number of nitrogens with two attached hydrogens (primary N) is 1. The Bertz CT molecular complexity index is 699. The quantitative estimate of drug-likeness (QED) is 0.498. The first-order chi connectivity index (χ1) is 9.61. The lowest BCUT2D eigenvalue weighted by Gasteiger charge is -2.14. The van der Waals surface area contributed by atoms with Crippen LogP contribution in [0.25, 0.3) is 0 Å². The van der Waals surface area contributed by atoms with Crippen molar-refractivity contribution in [3.8, 4) is 0 Å². The van der Waals surface area contributed by atoms with Crippen molar-refractivity contribution in [3.63, 3.8) is 0 Å². The number of rotatable bonds is 7. The van der Waals surface area contributed by atoms with Crippen LogP contribution in [0.5, 0.6) is 0 Å². The van der Waals surface area contributed by atoms with Crippen LogP contribution >= 0.6 is 0 Å². The molecule has 0 radical (unpaired) electrons. The minimum Gasteiger partial charge on any atom is -0.323 e. The average Bonchev–Trinajstić information content (AvgIpc) is 2.43. The van der Waals surface area contributed by atoms with Crippen molar-refractivity contribution in [2.75, 3.05) is 18.2 Å². The Hall–Kier alpha value is -1.16. The summed E-state index contributed by atoms with van der Waals surface area (Å²) in [6, 6.07) is 3.73. The third kappa shape index (κ3) is 4.67. The molecule has 0 amide bonds. The van der Waals surface area contributed by atoms with Gasteiger partial charge < -0.3 is 5.43 Å². The molecule has 0 aliphatic carbocycles. The molecule has 0 bridgehead atoms. The number of sulfonamides is 1. The molecule has 1 rings (SSSR count). The molecule has 0 fully saturated rings. The predicted molar refractivity (Wildman–Crippen MR) is 82.0 cm³/mol. The Balaban J connectivity index is 3.26. The molecule has 7 nitrogen and oxygen atoms in total. The van der Waals surface area contributed by atoms with E-state index in [1.165, 1.54) is 12.1 Å². The van der Waals surface area contributed by atoms with Crippen LogP contribution in [0.1, 0.15) is 20.3 Å². The van der Waals surface area contributed by atoms with Crippen molar-refractivity contribution in [2.24, 2.45) is 11.8 Å². The van der Waals surface area contributed by atoms with Crippen LogP contribution in [-0.4, -0.2) is 29.6 Å². The lowest BCUT2D eigenvalue weighted by atomic mass is 10.1. The fourth-order valence-electron chi connectivity index (χ4n) is 1.55. The zero-order valence-corrected chi connectivity index (χ0v) is 13.9. The van der Waals surface area contributed by atoms with Crippen molar-refractivity contribution < 1.29 is 16.8 Å². The van der Waals surface area contributed by atoms with E-state index in [0.29, 0.717) is 0 Å². The summed E-state index contributed by atoms with van der Waals surface area (Å²) in [5.41, 5.74) is 2.41. The van der Waals surface area contributed by atoms with E-state index in [0.717, 1.165) is 18.7 Å². The lowest BCUT2D eigenvalue weighted by Crippen LogP contribution is -2.29. The minimum atomic E-state index is -3.85. The highest BCUT2D eigenvalue weighted by Crippen LogP contribution is 2.24. The summed E-state index contributed by atoms with van der Waals surface area (Å²) in [5, 5.41) is 0. The molecule has 21 heavy (non-hydrogen) atoms. The van der Waals surface area contributed by atoms with Crippen LogP contribution in [0, 0.1) is 5.92 Å². The van der Waals surface area contributed by atoms with E-state index in [9.17, 15) is 16.8 Å². The first-order valence-electron chi connectivity index (χ1n) is 6.42. The number of hydrogen-bond donors (Lipinski definition) is 3. The maximum absolute atomic E-state index is 12.3. The molecule has 0 aliphatic heterocycles. The summed E-state index contributed by atoms with van der Waals surface area (Å²) < 4.78 is 50.2. The molecular weight excluding hydrogens is 314 g/mol. The number of hydrazine groups is 1. The molecule has 0 heterocycles. The summed E-state index contributed by atoms with van der Waals surface area (Å²) >= 11 is 0. The number of hydrogen-bond acceptors (Lipinski definition) is 6. The zero-order chi connectivity index (χ0) is 16.3. The summed E-state index contributed by atoms with van der Waals surface area (Å²) in [7, 11) is -7.36. The Labute approximate surface area is 125 Å². The monoisotopic (exact) mass is 335 g/mol. The van der Waals surface area contributed by atoms with E-state index in [-0.39, 0.29) is 27.9 Å². The SMILES string of the molecule is CCC(C)CNS(=O)(=O)c1cc(S(C)(=O)=O)ccc1NN. The summed E-state index contributed by atoms with van der Waals surface area (Å²) in [6.07, 6.45) is 1.84. The van der Waals surface area contributed by atoms with Crippen molar-refractivity contribution in [2.45, 2.75) is 30.1 Å². The van der Waals surface area contributed by atoms with Gasteiger partial charge in [0, 0.05) is 12.8 Å². The molecule has 1 aromatic carbocycles. The Morgan fingerprint density at radius 3 is 2.33 bits per heavy atom. The second kappa shape index (κ2) is 6.73. The maximum atomic E-state index is 12.3. The van der Waals surface area contributed by atoms with Crippen LogP contribution in [0.2, 0.25) is 0 Å². The maximum Gasteiger partial charge on any atom is 0.242 e. The second-order valence-electron chi connectivity index (χ2n) is 4.94. The highest BCUT2D eigenvalue weighted by Gasteiger charge is 2.21. The molecule has 0 spiro atoms. The largest absolute Gasteiger partial charge is 0.323 e. The van der Waals surface area contributed by atoms with Gasteiger partial charge in [-0.05, 0) is 24.1 Å². The van der Waals surface area contributed by atoms with Gasteiger partial charge in [-0.3, -0.25) is 5.84 Å². The van der Waals surface area contributed by atoms with Crippen LogP contribution in [0.15, 0.2) is 28.0 Å². The molecule has 1 atom stereocenters. The van der Waals surface area contributed by atoms with Crippen molar-refractivity contribution >= 4 is 25.5 Å². The third-order valence-corrected chi connectivity index (χ3v) is 5.72. The minimum absolute atomic E-state index is 0.0783. The predicted octanol–water partition coefficient (Wildman–Crippen LogP) is 0.700. The highest BCUT2D eigenvalue weighted by molar-refractivity contribution is 7.91. The Kier molecular flexibility index (Phi) is 5.74. The van der Waals surface area contributed by atoms with Crippen molar-refractivity contribution in [3.05, 3.63) is 18.2 Å². The first-order valence-corrected chi connectivity index (χ1v) is 9.79. The van der Waals surface area contributed by atoms with E-state index in [1.54, 1.807) is 0 Å². The van der Waals surface area contributed by atoms with Crippen LogP contribution in [0.3, 0.4) is 0 Å². The van der Waals surface area contributed by atoms with Gasteiger partial charge in [0.25, 0.3) is 0 Å². The summed E-state index contributed by atoms with van der Waals surface area (Å²) in [4.78, 5) is -0.262. The van der Waals surface area contributed by atoms with Crippen LogP contribution in [-0.2, 0) is 19.9 Å². The number of nitrogens with one attached hydrogen (secondary N) is 2. The van der Waals surface area contributed by atoms with Gasteiger partial charge in [-0.25, -0.2) is 21.6 Å².